The van der Waals surface area contributed by atoms with E-state index in [0.29, 0.717) is 17.4 Å². The number of nitrogens with one attached hydrogen (secondary N) is 3. The lowest BCUT2D eigenvalue weighted by Crippen LogP contribution is -2.32. The molecule has 1 unspecified atom stereocenters. The molecule has 4 rings (SSSR count). The number of alkyl halides is 3. The number of hydrogen-bond donors (Lipinski definition) is 3. The van der Waals surface area contributed by atoms with Gasteiger partial charge in [0.15, 0.2) is 0 Å². The van der Waals surface area contributed by atoms with Crippen LogP contribution < -0.4 is 16.2 Å². The number of likely N-dealkylation sites (N-methyl/N-ethyl adjacent to an activating group) is 1. The Bertz CT molecular complexity index is 1300. The van der Waals surface area contributed by atoms with E-state index in [1.165, 1.54) is 24.3 Å². The Labute approximate surface area is 192 Å². The van der Waals surface area contributed by atoms with Crippen molar-refractivity contribution < 1.29 is 27.5 Å². The van der Waals surface area contributed by atoms with E-state index in [9.17, 15) is 27.6 Å². The van der Waals surface area contributed by atoms with Gasteiger partial charge in [0.05, 0.1) is 24.1 Å². The molecule has 3 N–H and O–H groups in total. The largest absolute Gasteiger partial charge is 0.463 e. The van der Waals surface area contributed by atoms with Crippen molar-refractivity contribution in [1.29, 1.82) is 0 Å². The Hall–Kier alpha value is -3.66. The molecule has 0 saturated carbocycles. The molecule has 10 heteroatoms. The van der Waals surface area contributed by atoms with Gasteiger partial charge in [-0.1, -0.05) is 30.3 Å². The van der Waals surface area contributed by atoms with Gasteiger partial charge in [-0.3, -0.25) is 14.4 Å². The van der Waals surface area contributed by atoms with Gasteiger partial charge in [-0.25, -0.2) is 0 Å². The molecule has 3 aromatic rings. The maximum absolute atomic E-state index is 13.4. The van der Waals surface area contributed by atoms with Gasteiger partial charge in [0.25, 0.3) is 5.56 Å². The fourth-order valence-electron chi connectivity index (χ4n) is 4.14. The Morgan fingerprint density at radius 1 is 1.15 bits per heavy atom. The summed E-state index contributed by atoms with van der Waals surface area (Å²) in [6.07, 6.45) is -4.19. The molecule has 1 fully saturated rings. The van der Waals surface area contributed by atoms with Crippen LogP contribution in [-0.2, 0) is 20.5 Å². The number of fused-ring (bicyclic) bond motifs is 1. The number of ether oxygens (including phenoxy) is 1. The number of pyridine rings is 1. The van der Waals surface area contributed by atoms with Gasteiger partial charge in [0, 0.05) is 16.6 Å². The summed E-state index contributed by atoms with van der Waals surface area (Å²) in [5.41, 5.74) is -0.861. The summed E-state index contributed by atoms with van der Waals surface area (Å²) in [5.74, 6) is -1.22. The zero-order valence-corrected chi connectivity index (χ0v) is 18.2. The molecule has 1 aliphatic heterocycles. The van der Waals surface area contributed by atoms with Crippen molar-refractivity contribution in [3.8, 4) is 11.3 Å². The SMILES string of the molecule is CNCC(=O)OCC1C[C@H](c2ccc3cc(-c4ccccc4C(F)(F)F)[nH]c(=O)c3c2)C(=O)N1. The highest BCUT2D eigenvalue weighted by atomic mass is 19.4. The van der Waals surface area contributed by atoms with Crippen LogP contribution in [0.3, 0.4) is 0 Å². The van der Waals surface area contributed by atoms with Crippen molar-refractivity contribution in [2.75, 3.05) is 20.2 Å². The van der Waals surface area contributed by atoms with Crippen LogP contribution in [0.15, 0.2) is 53.3 Å². The second-order valence-electron chi connectivity index (χ2n) is 8.11. The maximum Gasteiger partial charge on any atom is 0.417 e. The van der Waals surface area contributed by atoms with Crippen LogP contribution in [0.25, 0.3) is 22.0 Å². The minimum Gasteiger partial charge on any atom is -0.463 e. The van der Waals surface area contributed by atoms with Crippen LogP contribution in [0.4, 0.5) is 13.2 Å². The van der Waals surface area contributed by atoms with Crippen molar-refractivity contribution >= 4 is 22.6 Å². The van der Waals surface area contributed by atoms with Gasteiger partial charge >= 0.3 is 12.1 Å². The Kier molecular flexibility index (Phi) is 6.43. The van der Waals surface area contributed by atoms with E-state index in [1.807, 2.05) is 0 Å². The lowest BCUT2D eigenvalue weighted by molar-refractivity contribution is -0.143. The van der Waals surface area contributed by atoms with Crippen molar-refractivity contribution in [2.45, 2.75) is 24.6 Å². The van der Waals surface area contributed by atoms with Gasteiger partial charge in [0.1, 0.15) is 6.61 Å². The summed E-state index contributed by atoms with van der Waals surface area (Å²) >= 11 is 0. The first-order valence-electron chi connectivity index (χ1n) is 10.6. The number of amides is 1. The van der Waals surface area contributed by atoms with E-state index < -0.39 is 29.2 Å². The van der Waals surface area contributed by atoms with Crippen molar-refractivity contribution in [2.24, 2.45) is 0 Å². The number of benzene rings is 2. The molecule has 0 bridgehead atoms. The molecule has 0 radical (unpaired) electrons. The topological polar surface area (TPSA) is 100 Å². The molecule has 2 aromatic carbocycles. The molecular formula is C24H22F3N3O4. The van der Waals surface area contributed by atoms with Crippen LogP contribution in [0.1, 0.15) is 23.5 Å². The highest BCUT2D eigenvalue weighted by Gasteiger charge is 2.35. The van der Waals surface area contributed by atoms with Crippen LogP contribution in [0, 0.1) is 0 Å². The van der Waals surface area contributed by atoms with Crippen LogP contribution in [0.5, 0.6) is 0 Å². The summed E-state index contributed by atoms with van der Waals surface area (Å²) in [4.78, 5) is 39.3. The number of aromatic nitrogens is 1. The van der Waals surface area contributed by atoms with Gasteiger partial charge in [-0.05, 0) is 42.6 Å². The third-order valence-electron chi connectivity index (χ3n) is 5.74. The molecule has 2 atom stereocenters. The number of H-pyrrole nitrogens is 1. The van der Waals surface area contributed by atoms with E-state index in [2.05, 4.69) is 15.6 Å². The number of esters is 1. The molecule has 1 aromatic heterocycles. The number of hydrogen-bond acceptors (Lipinski definition) is 5. The number of carbonyl (C=O) groups excluding carboxylic acids is 2. The van der Waals surface area contributed by atoms with Crippen LogP contribution in [-0.4, -0.2) is 43.1 Å². The third kappa shape index (κ3) is 4.81. The molecule has 34 heavy (non-hydrogen) atoms. The smallest absolute Gasteiger partial charge is 0.417 e. The Balaban J connectivity index is 1.61. The quantitative estimate of drug-likeness (QED) is 0.478. The highest BCUT2D eigenvalue weighted by Crippen LogP contribution is 2.37. The van der Waals surface area contributed by atoms with E-state index >= 15 is 0 Å². The second kappa shape index (κ2) is 9.30. The molecule has 0 aliphatic carbocycles. The summed E-state index contributed by atoms with van der Waals surface area (Å²) < 4.78 is 45.4. The van der Waals surface area contributed by atoms with Crippen LogP contribution in [0.2, 0.25) is 0 Å². The first-order valence-corrected chi connectivity index (χ1v) is 10.6. The van der Waals surface area contributed by atoms with Gasteiger partial charge in [-0.15, -0.1) is 0 Å². The maximum atomic E-state index is 13.4. The zero-order valence-electron chi connectivity index (χ0n) is 18.2. The van der Waals surface area contributed by atoms with Crippen molar-refractivity contribution in [1.82, 2.24) is 15.6 Å². The molecule has 7 nitrogen and oxygen atoms in total. The molecule has 2 heterocycles. The second-order valence-corrected chi connectivity index (χ2v) is 8.11. The lowest BCUT2D eigenvalue weighted by Gasteiger charge is -2.14. The standard InChI is InChI=1S/C24H22F3N3O4/c1-28-11-21(31)34-12-15-10-18(22(32)29-15)13-6-7-14-9-20(30-23(33)17(14)8-13)16-4-2-3-5-19(16)24(25,26)27/h2-9,15,18,28H,10-12H2,1H3,(H,29,32)(H,30,33)/t15?,18-/m1/s1. The number of carbonyl (C=O) groups is 2. The van der Waals surface area contributed by atoms with Gasteiger partial charge < -0.3 is 20.4 Å². The predicted octanol–water partition coefficient (Wildman–Crippen LogP) is 2.95. The molecule has 178 valence electrons. The summed E-state index contributed by atoms with van der Waals surface area (Å²) in [7, 11) is 1.62. The normalized spacial score (nSPS) is 18.2. The third-order valence-corrected chi connectivity index (χ3v) is 5.74. The lowest BCUT2D eigenvalue weighted by atomic mass is 9.93. The zero-order chi connectivity index (χ0) is 24.5. The monoisotopic (exact) mass is 473 g/mol. The van der Waals surface area contributed by atoms with E-state index in [4.69, 9.17) is 4.74 Å². The minimum absolute atomic E-state index is 0.0406. The molecule has 1 saturated heterocycles. The first-order chi connectivity index (χ1) is 16.2. The minimum atomic E-state index is -4.57. The highest BCUT2D eigenvalue weighted by molar-refractivity contribution is 5.90. The van der Waals surface area contributed by atoms with Crippen LogP contribution >= 0.6 is 0 Å². The first kappa shape index (κ1) is 23.5. The average molecular weight is 473 g/mol. The van der Waals surface area contributed by atoms with Gasteiger partial charge in [0.2, 0.25) is 5.91 Å². The Morgan fingerprint density at radius 2 is 1.91 bits per heavy atom. The number of halogens is 3. The Morgan fingerprint density at radius 3 is 2.65 bits per heavy atom. The molecule has 1 amide bonds. The van der Waals surface area contributed by atoms with E-state index in [-0.39, 0.29) is 41.7 Å². The fraction of sp³-hybridized carbons (Fsp3) is 0.292. The summed E-state index contributed by atoms with van der Waals surface area (Å²) in [6, 6.07) is 11.0. The number of aromatic amines is 1. The van der Waals surface area contributed by atoms with Crippen molar-refractivity contribution in [3.63, 3.8) is 0 Å². The van der Waals surface area contributed by atoms with E-state index in [0.717, 1.165) is 6.07 Å². The summed E-state index contributed by atoms with van der Waals surface area (Å²) in [6.45, 7) is 0.103. The number of rotatable bonds is 6. The molecular weight excluding hydrogens is 451 g/mol. The van der Waals surface area contributed by atoms with Gasteiger partial charge in [-0.2, -0.15) is 13.2 Å². The average Bonchev–Trinajstić information content (AvgIpc) is 3.17. The predicted molar refractivity (Wildman–Crippen MR) is 119 cm³/mol. The summed E-state index contributed by atoms with van der Waals surface area (Å²) in [5, 5.41) is 6.19. The fourth-order valence-corrected chi connectivity index (χ4v) is 4.14. The van der Waals surface area contributed by atoms with E-state index in [1.54, 1.807) is 25.2 Å². The molecule has 1 aliphatic rings. The molecule has 0 spiro atoms. The van der Waals surface area contributed by atoms with Crippen molar-refractivity contribution in [3.05, 3.63) is 70.0 Å².